The van der Waals surface area contributed by atoms with Crippen LogP contribution >= 0.6 is 15.9 Å². The second kappa shape index (κ2) is 5.25. The topological polar surface area (TPSA) is 54.1 Å². The molecule has 2 aromatic rings. The Bertz CT molecular complexity index is 599. The molecule has 2 N–H and O–H groups in total. The number of rotatable bonds is 2. The molecule has 1 aromatic carbocycles. The van der Waals surface area contributed by atoms with E-state index in [1.165, 1.54) is 0 Å². The van der Waals surface area contributed by atoms with Gasteiger partial charge in [-0.05, 0) is 38.5 Å². The van der Waals surface area contributed by atoms with Crippen LogP contribution in [0.4, 0.5) is 10.5 Å². The summed E-state index contributed by atoms with van der Waals surface area (Å²) in [5.41, 5.74) is 2.36. The van der Waals surface area contributed by atoms with Crippen LogP contribution in [-0.4, -0.2) is 16.7 Å². The van der Waals surface area contributed by atoms with E-state index < -0.39 is 11.7 Å². The van der Waals surface area contributed by atoms with Crippen LogP contribution in [0.1, 0.15) is 26.3 Å². The van der Waals surface area contributed by atoms with Crippen LogP contribution in [0.15, 0.2) is 24.4 Å². The van der Waals surface area contributed by atoms with Crippen molar-refractivity contribution in [3.8, 4) is 0 Å². The molecule has 1 heterocycles. The Morgan fingerprint density at radius 3 is 2.79 bits per heavy atom. The van der Waals surface area contributed by atoms with Crippen LogP contribution in [0.5, 0.6) is 0 Å². The number of nitrogens with one attached hydrogen (secondary N) is 2. The summed E-state index contributed by atoms with van der Waals surface area (Å²) in [5, 5.41) is 4.52. The quantitative estimate of drug-likeness (QED) is 0.804. The van der Waals surface area contributed by atoms with Crippen molar-refractivity contribution < 1.29 is 9.53 Å². The molecule has 0 aliphatic rings. The molecular formula is C14H17BrN2O2. The third-order valence-electron chi connectivity index (χ3n) is 2.54. The molecule has 0 saturated carbocycles. The minimum absolute atomic E-state index is 0.447. The fourth-order valence-electron chi connectivity index (χ4n) is 1.77. The number of H-pyrrole nitrogens is 1. The highest BCUT2D eigenvalue weighted by atomic mass is 79.9. The molecule has 1 amide bonds. The molecule has 1 aromatic heterocycles. The molecule has 2 rings (SSSR count). The summed E-state index contributed by atoms with van der Waals surface area (Å²) in [7, 11) is 0. The summed E-state index contributed by atoms with van der Waals surface area (Å²) >= 11 is 3.42. The van der Waals surface area contributed by atoms with Gasteiger partial charge in [-0.25, -0.2) is 4.79 Å². The molecule has 19 heavy (non-hydrogen) atoms. The van der Waals surface area contributed by atoms with Gasteiger partial charge in [0.15, 0.2) is 0 Å². The molecule has 0 saturated heterocycles. The van der Waals surface area contributed by atoms with Crippen LogP contribution in [0, 0.1) is 0 Å². The van der Waals surface area contributed by atoms with Gasteiger partial charge in [-0.2, -0.15) is 0 Å². The van der Waals surface area contributed by atoms with Crippen LogP contribution in [-0.2, 0) is 10.1 Å². The fourth-order valence-corrected chi connectivity index (χ4v) is 2.12. The number of anilines is 1. The van der Waals surface area contributed by atoms with Crippen molar-refractivity contribution in [1.29, 1.82) is 0 Å². The third kappa shape index (κ3) is 3.50. The smallest absolute Gasteiger partial charge is 0.412 e. The average molecular weight is 325 g/mol. The number of amides is 1. The van der Waals surface area contributed by atoms with Crippen molar-refractivity contribution in [2.75, 3.05) is 5.32 Å². The number of fused-ring (bicyclic) bond motifs is 1. The first-order chi connectivity index (χ1) is 8.89. The second-order valence-electron chi connectivity index (χ2n) is 5.34. The number of alkyl halides is 1. The van der Waals surface area contributed by atoms with Gasteiger partial charge in [0.1, 0.15) is 5.60 Å². The molecule has 5 heteroatoms. The minimum Gasteiger partial charge on any atom is -0.444 e. The van der Waals surface area contributed by atoms with E-state index in [0.717, 1.165) is 27.5 Å². The summed E-state index contributed by atoms with van der Waals surface area (Å²) in [4.78, 5) is 14.9. The van der Waals surface area contributed by atoms with E-state index >= 15 is 0 Å². The Morgan fingerprint density at radius 2 is 2.16 bits per heavy atom. The van der Waals surface area contributed by atoms with E-state index in [0.29, 0.717) is 0 Å². The van der Waals surface area contributed by atoms with E-state index in [4.69, 9.17) is 4.74 Å². The fraction of sp³-hybridized carbons (Fsp3) is 0.357. The number of hydrogen-bond donors (Lipinski definition) is 2. The number of aromatic amines is 1. The van der Waals surface area contributed by atoms with Gasteiger partial charge in [0.2, 0.25) is 0 Å². The average Bonchev–Trinajstić information content (AvgIpc) is 2.69. The molecule has 0 fully saturated rings. The zero-order valence-corrected chi connectivity index (χ0v) is 12.8. The minimum atomic E-state index is -0.503. The first-order valence-corrected chi connectivity index (χ1v) is 7.17. The Labute approximate surface area is 120 Å². The lowest BCUT2D eigenvalue weighted by Crippen LogP contribution is -2.27. The first kappa shape index (κ1) is 13.9. The Kier molecular flexibility index (Phi) is 3.85. The Balaban J connectivity index is 2.23. The molecule has 4 nitrogen and oxygen atoms in total. The summed E-state index contributed by atoms with van der Waals surface area (Å²) in [6.07, 6.45) is 1.32. The predicted molar refractivity (Wildman–Crippen MR) is 80.8 cm³/mol. The lowest BCUT2D eigenvalue weighted by atomic mass is 10.1. The van der Waals surface area contributed by atoms with Crippen molar-refractivity contribution in [3.63, 3.8) is 0 Å². The van der Waals surface area contributed by atoms with E-state index in [1.54, 1.807) is 6.20 Å². The van der Waals surface area contributed by atoms with Crippen molar-refractivity contribution in [3.05, 3.63) is 30.0 Å². The monoisotopic (exact) mass is 324 g/mol. The van der Waals surface area contributed by atoms with Crippen molar-refractivity contribution in [2.24, 2.45) is 0 Å². The van der Waals surface area contributed by atoms with Crippen LogP contribution < -0.4 is 5.32 Å². The van der Waals surface area contributed by atoms with E-state index in [-0.39, 0.29) is 0 Å². The summed E-state index contributed by atoms with van der Waals surface area (Å²) in [6, 6.07) is 6.06. The van der Waals surface area contributed by atoms with Gasteiger partial charge in [0.25, 0.3) is 0 Å². The number of carbonyl (C=O) groups excluding carboxylic acids is 1. The van der Waals surface area contributed by atoms with Gasteiger partial charge in [0, 0.05) is 22.4 Å². The third-order valence-corrected chi connectivity index (χ3v) is 3.18. The summed E-state index contributed by atoms with van der Waals surface area (Å²) in [6.45, 7) is 5.51. The van der Waals surface area contributed by atoms with Crippen molar-refractivity contribution in [1.82, 2.24) is 4.98 Å². The zero-order valence-electron chi connectivity index (χ0n) is 11.2. The van der Waals surface area contributed by atoms with Gasteiger partial charge < -0.3 is 9.72 Å². The predicted octanol–water partition coefficient (Wildman–Crippen LogP) is 4.41. The summed E-state index contributed by atoms with van der Waals surface area (Å²) in [5.74, 6) is 0. The van der Waals surface area contributed by atoms with E-state index in [2.05, 4.69) is 26.2 Å². The Hall–Kier alpha value is -1.49. The highest BCUT2D eigenvalue weighted by molar-refractivity contribution is 9.08. The standard InChI is InChI=1S/C14H17BrN2O2/c1-14(2,3)19-13(18)17-12-8-16-11-5-4-9(7-15)6-10(11)12/h4-6,8,16H,7H2,1-3H3,(H,17,18). The maximum absolute atomic E-state index is 11.8. The van der Waals surface area contributed by atoms with Crippen LogP contribution in [0.2, 0.25) is 0 Å². The molecule has 0 bridgehead atoms. The zero-order chi connectivity index (χ0) is 14.0. The molecule has 0 aliphatic heterocycles. The number of halogens is 1. The molecule has 0 aliphatic carbocycles. The van der Waals surface area contributed by atoms with Gasteiger partial charge in [0.05, 0.1) is 5.69 Å². The molecule has 0 spiro atoms. The van der Waals surface area contributed by atoms with Crippen LogP contribution in [0.25, 0.3) is 10.9 Å². The van der Waals surface area contributed by atoms with Gasteiger partial charge in [-0.1, -0.05) is 22.0 Å². The molecule has 0 radical (unpaired) electrons. The molecule has 102 valence electrons. The highest BCUT2D eigenvalue weighted by Gasteiger charge is 2.17. The Morgan fingerprint density at radius 1 is 1.42 bits per heavy atom. The number of carbonyl (C=O) groups is 1. The normalized spacial score (nSPS) is 11.6. The summed E-state index contributed by atoms with van der Waals surface area (Å²) < 4.78 is 5.24. The van der Waals surface area contributed by atoms with Crippen molar-refractivity contribution >= 4 is 38.6 Å². The largest absolute Gasteiger partial charge is 0.444 e. The van der Waals surface area contributed by atoms with Gasteiger partial charge in [-0.3, -0.25) is 5.32 Å². The molecule has 0 unspecified atom stereocenters. The lowest BCUT2D eigenvalue weighted by molar-refractivity contribution is 0.0636. The number of hydrogen-bond acceptors (Lipinski definition) is 2. The SMILES string of the molecule is CC(C)(C)OC(=O)Nc1c[nH]c2ccc(CBr)cc12. The number of benzene rings is 1. The lowest BCUT2D eigenvalue weighted by Gasteiger charge is -2.19. The first-order valence-electron chi connectivity index (χ1n) is 6.05. The molecular weight excluding hydrogens is 308 g/mol. The van der Waals surface area contributed by atoms with E-state index in [9.17, 15) is 4.79 Å². The maximum atomic E-state index is 11.8. The maximum Gasteiger partial charge on any atom is 0.412 e. The highest BCUT2D eigenvalue weighted by Crippen LogP contribution is 2.25. The second-order valence-corrected chi connectivity index (χ2v) is 5.90. The van der Waals surface area contributed by atoms with Gasteiger partial charge in [-0.15, -0.1) is 0 Å². The van der Waals surface area contributed by atoms with Crippen LogP contribution in [0.3, 0.4) is 0 Å². The van der Waals surface area contributed by atoms with Gasteiger partial charge >= 0.3 is 6.09 Å². The number of aromatic nitrogens is 1. The molecule has 0 atom stereocenters. The number of ether oxygens (including phenoxy) is 1. The van der Waals surface area contributed by atoms with E-state index in [1.807, 2.05) is 39.0 Å². The van der Waals surface area contributed by atoms with Crippen molar-refractivity contribution in [2.45, 2.75) is 31.7 Å².